The molecular weight excluding hydrogens is 468 g/mol. The lowest BCUT2D eigenvalue weighted by atomic mass is 10.2. The zero-order chi connectivity index (χ0) is 23.7. The molecule has 0 spiro atoms. The highest BCUT2D eigenvalue weighted by atomic mass is 35.5. The first kappa shape index (κ1) is 23.2. The first-order valence-electron chi connectivity index (χ1n) is 11.8. The minimum atomic E-state index is -0.0984. The minimum Gasteiger partial charge on any atom is -0.352 e. The fourth-order valence-corrected chi connectivity index (χ4v) is 4.71. The lowest BCUT2D eigenvalue weighted by molar-refractivity contribution is -0.126. The average molecular weight is 497 g/mol. The Kier molecular flexibility index (Phi) is 6.83. The van der Waals surface area contributed by atoms with Crippen LogP contribution in [0.3, 0.4) is 0 Å². The highest BCUT2D eigenvalue weighted by Gasteiger charge is 2.30. The quantitative estimate of drug-likeness (QED) is 0.502. The molecule has 2 aromatic carbocycles. The summed E-state index contributed by atoms with van der Waals surface area (Å²) in [5, 5.41) is 8.72. The van der Waals surface area contributed by atoms with Crippen LogP contribution in [0.1, 0.15) is 19.8 Å². The number of halogens is 1. The topological polar surface area (TPSA) is 58.3 Å². The summed E-state index contributed by atoms with van der Waals surface area (Å²) in [5.74, 6) is 0.934. The Morgan fingerprint density at radius 3 is 2.41 bits per heavy atom. The second-order valence-electron chi connectivity index (χ2n) is 9.04. The molecule has 1 aromatic heterocycles. The number of rotatable bonds is 7. The molecule has 0 radical (unpaired) electrons. The molecule has 178 valence electrons. The first-order chi connectivity index (χ1) is 16.5. The molecule has 0 unspecified atom stereocenters. The van der Waals surface area contributed by atoms with E-state index in [1.165, 1.54) is 0 Å². The Bertz CT molecular complexity index is 1200. The van der Waals surface area contributed by atoms with Crippen molar-refractivity contribution < 1.29 is 4.79 Å². The molecule has 1 amide bonds. The number of benzene rings is 2. The van der Waals surface area contributed by atoms with Crippen LogP contribution in [0, 0.1) is 4.77 Å². The van der Waals surface area contributed by atoms with Gasteiger partial charge < -0.3 is 5.32 Å². The number of carbonyl (C=O) groups excluding carboxylic acids is 1. The number of carbonyl (C=O) groups is 1. The van der Waals surface area contributed by atoms with Crippen LogP contribution in [0.25, 0.3) is 17.1 Å². The van der Waals surface area contributed by atoms with Crippen molar-refractivity contribution in [2.75, 3.05) is 26.2 Å². The molecule has 2 fully saturated rings. The van der Waals surface area contributed by atoms with Crippen molar-refractivity contribution in [3.05, 3.63) is 64.4 Å². The Morgan fingerprint density at radius 1 is 1.09 bits per heavy atom. The number of nitrogens with one attached hydrogen (secondary N) is 1. The lowest BCUT2D eigenvalue weighted by Crippen LogP contribution is -2.54. The van der Waals surface area contributed by atoms with Gasteiger partial charge in [0.1, 0.15) is 0 Å². The molecule has 34 heavy (non-hydrogen) atoms. The van der Waals surface area contributed by atoms with Crippen LogP contribution in [0.4, 0.5) is 0 Å². The van der Waals surface area contributed by atoms with Gasteiger partial charge in [-0.1, -0.05) is 29.8 Å². The second-order valence-corrected chi connectivity index (χ2v) is 9.84. The number of hydrogen-bond acceptors (Lipinski definition) is 5. The van der Waals surface area contributed by atoms with Gasteiger partial charge in [-0.2, -0.15) is 0 Å². The van der Waals surface area contributed by atoms with Crippen molar-refractivity contribution >= 4 is 29.7 Å². The molecule has 3 aromatic rings. The summed E-state index contributed by atoms with van der Waals surface area (Å²) < 4.78 is 4.56. The van der Waals surface area contributed by atoms with Gasteiger partial charge in [0.05, 0.1) is 12.7 Å². The number of nitrogens with zero attached hydrogens (tertiary/aromatic N) is 5. The third-order valence-corrected chi connectivity index (χ3v) is 7.19. The lowest BCUT2D eigenvalue weighted by Gasteiger charge is -2.37. The first-order valence-corrected chi connectivity index (χ1v) is 12.6. The molecule has 1 saturated heterocycles. The standard InChI is InChI=1S/C25H29ClN6OS/c1-18(24(33)27-21-11-12-21)30-15-13-29(14-16-30)17-31-25(34)32(22-5-3-2-4-6-22)23(28-31)19-7-9-20(26)10-8-19/h2-10,18,21H,11-17H2,1H3,(H,27,33)/t18-/m0/s1. The fraction of sp³-hybridized carbons (Fsp3) is 0.400. The van der Waals surface area contributed by atoms with E-state index in [4.69, 9.17) is 28.9 Å². The van der Waals surface area contributed by atoms with Crippen LogP contribution in [-0.2, 0) is 11.5 Å². The molecule has 1 saturated carbocycles. The van der Waals surface area contributed by atoms with Gasteiger partial charge in [0.15, 0.2) is 5.82 Å². The smallest absolute Gasteiger partial charge is 0.237 e. The van der Waals surface area contributed by atoms with Crippen molar-refractivity contribution in [1.82, 2.24) is 29.5 Å². The molecule has 0 bridgehead atoms. The van der Waals surface area contributed by atoms with Crippen LogP contribution in [-0.4, -0.2) is 68.3 Å². The molecule has 7 nitrogen and oxygen atoms in total. The van der Waals surface area contributed by atoms with Crippen LogP contribution in [0.5, 0.6) is 0 Å². The van der Waals surface area contributed by atoms with E-state index in [2.05, 4.69) is 15.1 Å². The summed E-state index contributed by atoms with van der Waals surface area (Å²) in [6.45, 7) is 6.01. The van der Waals surface area contributed by atoms with E-state index < -0.39 is 0 Å². The molecule has 1 aliphatic heterocycles. The number of hydrogen-bond donors (Lipinski definition) is 1. The van der Waals surface area contributed by atoms with Crippen LogP contribution in [0.2, 0.25) is 5.02 Å². The Hall–Kier alpha value is -2.52. The maximum Gasteiger partial charge on any atom is 0.237 e. The van der Waals surface area contributed by atoms with Crippen molar-refractivity contribution in [2.24, 2.45) is 0 Å². The molecule has 2 heterocycles. The van der Waals surface area contributed by atoms with Crippen molar-refractivity contribution in [2.45, 2.75) is 38.5 Å². The molecule has 5 rings (SSSR count). The van der Waals surface area contributed by atoms with E-state index >= 15 is 0 Å². The Labute approximate surface area is 209 Å². The summed E-state index contributed by atoms with van der Waals surface area (Å²) in [4.78, 5) is 17.0. The van der Waals surface area contributed by atoms with Gasteiger partial charge in [-0.25, -0.2) is 4.68 Å². The van der Waals surface area contributed by atoms with Gasteiger partial charge in [-0.15, -0.1) is 5.10 Å². The van der Waals surface area contributed by atoms with E-state index in [1.807, 2.05) is 70.8 Å². The predicted octanol–water partition coefficient (Wildman–Crippen LogP) is 3.97. The Balaban J connectivity index is 1.33. The van der Waals surface area contributed by atoms with Crippen LogP contribution < -0.4 is 5.32 Å². The molecule has 2 aliphatic rings. The summed E-state index contributed by atoms with van der Waals surface area (Å²) in [6, 6.07) is 18.0. The van der Waals surface area contributed by atoms with Crippen molar-refractivity contribution in [1.29, 1.82) is 0 Å². The van der Waals surface area contributed by atoms with E-state index in [9.17, 15) is 4.79 Å². The maximum atomic E-state index is 12.4. The SMILES string of the molecule is C[C@@H](C(=O)NC1CC1)N1CCN(Cn2nc(-c3ccc(Cl)cc3)n(-c3ccccc3)c2=S)CC1. The van der Waals surface area contributed by atoms with Gasteiger partial charge in [0.25, 0.3) is 0 Å². The number of aromatic nitrogens is 3. The summed E-state index contributed by atoms with van der Waals surface area (Å²) in [6.07, 6.45) is 2.22. The highest BCUT2D eigenvalue weighted by Crippen LogP contribution is 2.25. The van der Waals surface area contributed by atoms with Crippen LogP contribution >= 0.6 is 23.8 Å². The third kappa shape index (κ3) is 5.10. The summed E-state index contributed by atoms with van der Waals surface area (Å²) >= 11 is 12.0. The molecule has 1 aliphatic carbocycles. The minimum absolute atomic E-state index is 0.0984. The fourth-order valence-electron chi connectivity index (χ4n) is 4.29. The van der Waals surface area contributed by atoms with Gasteiger partial charge in [-0.3, -0.25) is 19.2 Å². The maximum absolute atomic E-state index is 12.4. The highest BCUT2D eigenvalue weighted by molar-refractivity contribution is 7.71. The van der Waals surface area contributed by atoms with E-state index in [0.717, 1.165) is 56.1 Å². The summed E-state index contributed by atoms with van der Waals surface area (Å²) in [7, 11) is 0. The van der Waals surface area contributed by atoms with Crippen molar-refractivity contribution in [3.63, 3.8) is 0 Å². The zero-order valence-corrected chi connectivity index (χ0v) is 20.8. The van der Waals surface area contributed by atoms with Gasteiger partial charge in [-0.05, 0) is 68.4 Å². The number of para-hydroxylation sites is 1. The summed E-state index contributed by atoms with van der Waals surface area (Å²) in [5.41, 5.74) is 1.93. The normalized spacial score (nSPS) is 18.1. The number of piperazine rings is 1. The monoisotopic (exact) mass is 496 g/mol. The molecule has 9 heteroatoms. The Morgan fingerprint density at radius 2 is 1.76 bits per heavy atom. The van der Waals surface area contributed by atoms with E-state index in [0.29, 0.717) is 22.5 Å². The average Bonchev–Trinajstić information content (AvgIpc) is 3.62. The molecule has 1 atom stereocenters. The van der Waals surface area contributed by atoms with Crippen LogP contribution in [0.15, 0.2) is 54.6 Å². The largest absolute Gasteiger partial charge is 0.352 e. The predicted molar refractivity (Wildman–Crippen MR) is 137 cm³/mol. The van der Waals surface area contributed by atoms with E-state index in [1.54, 1.807) is 0 Å². The molecule has 1 N–H and O–H groups in total. The third-order valence-electron chi connectivity index (χ3n) is 6.55. The van der Waals surface area contributed by atoms with Gasteiger partial charge >= 0.3 is 0 Å². The van der Waals surface area contributed by atoms with Gasteiger partial charge in [0.2, 0.25) is 10.7 Å². The van der Waals surface area contributed by atoms with Gasteiger partial charge in [0, 0.05) is 48.5 Å². The zero-order valence-electron chi connectivity index (χ0n) is 19.2. The van der Waals surface area contributed by atoms with Crippen molar-refractivity contribution in [3.8, 4) is 17.1 Å². The number of amides is 1. The second kappa shape index (κ2) is 10.00. The van der Waals surface area contributed by atoms with E-state index in [-0.39, 0.29) is 11.9 Å². The molecular formula is C25H29ClN6OS.